The van der Waals surface area contributed by atoms with Crippen LogP contribution in [0.1, 0.15) is 50.7 Å². The lowest BCUT2D eigenvalue weighted by Gasteiger charge is -2.40. The van der Waals surface area contributed by atoms with Crippen LogP contribution in [0.5, 0.6) is 0 Å². The maximum atomic E-state index is 10.2. The Hall–Kier alpha value is -2.34. The van der Waals surface area contributed by atoms with Crippen LogP contribution in [0.25, 0.3) is 0 Å². The summed E-state index contributed by atoms with van der Waals surface area (Å²) in [6, 6.07) is 11.1. The molecule has 2 fully saturated rings. The molecule has 0 radical (unpaired) electrons. The van der Waals surface area contributed by atoms with E-state index in [1.165, 1.54) is 30.0 Å². The predicted molar refractivity (Wildman–Crippen MR) is 128 cm³/mol. The van der Waals surface area contributed by atoms with Crippen LogP contribution >= 0.6 is 11.9 Å². The van der Waals surface area contributed by atoms with Crippen molar-refractivity contribution >= 4 is 23.7 Å². The first kappa shape index (κ1) is 22.8. The molecule has 170 valence electrons. The summed E-state index contributed by atoms with van der Waals surface area (Å²) >= 11 is 1.83. The van der Waals surface area contributed by atoms with Gasteiger partial charge in [0.2, 0.25) is 5.95 Å². The number of anilines is 2. The molecule has 2 heterocycles. The van der Waals surface area contributed by atoms with Crippen molar-refractivity contribution in [3.63, 3.8) is 0 Å². The molecule has 1 aliphatic carbocycles. The highest BCUT2D eigenvalue weighted by Crippen LogP contribution is 2.37. The quantitative estimate of drug-likeness (QED) is 0.516. The predicted octanol–water partition coefficient (Wildman–Crippen LogP) is 4.07. The fourth-order valence-corrected chi connectivity index (χ4v) is 5.16. The fourth-order valence-electron chi connectivity index (χ4n) is 4.16. The first-order chi connectivity index (χ1) is 15.4. The molecule has 1 aromatic heterocycles. The normalized spacial score (nSPS) is 22.6. The lowest BCUT2D eigenvalue weighted by atomic mass is 9.73. The number of aliphatic hydroxyl groups is 1. The van der Waals surface area contributed by atoms with E-state index in [0.29, 0.717) is 23.9 Å². The number of aliphatic hydroxyl groups excluding tert-OH is 1. The third-order valence-electron chi connectivity index (χ3n) is 6.38. The second kappa shape index (κ2) is 10.1. The first-order valence-corrected chi connectivity index (χ1v) is 12.2. The van der Waals surface area contributed by atoms with Crippen molar-refractivity contribution in [3.8, 4) is 6.07 Å². The molecule has 1 aromatic carbocycles. The van der Waals surface area contributed by atoms with Gasteiger partial charge >= 0.3 is 0 Å². The number of nitriles is 1. The minimum atomic E-state index is -0.290. The van der Waals surface area contributed by atoms with Gasteiger partial charge in [0.25, 0.3) is 0 Å². The molecule has 0 amide bonds. The summed E-state index contributed by atoms with van der Waals surface area (Å²) in [7, 11) is 0. The molecule has 0 unspecified atom stereocenters. The van der Waals surface area contributed by atoms with Crippen LogP contribution in [0.15, 0.2) is 35.4 Å². The summed E-state index contributed by atoms with van der Waals surface area (Å²) in [5.41, 5.74) is 1.55. The van der Waals surface area contributed by atoms with Crippen molar-refractivity contribution in [3.05, 3.63) is 41.6 Å². The SMILES string of the molecule is CC1(C)C[C@H](Nc2nc(NCCc3ccc(SN4CCC4)cc3)ncc2C#N)CC[C@@H]1O. The Balaban J connectivity index is 1.31. The van der Waals surface area contributed by atoms with Crippen LogP contribution in [0, 0.1) is 16.7 Å². The van der Waals surface area contributed by atoms with E-state index < -0.39 is 0 Å². The largest absolute Gasteiger partial charge is 0.393 e. The monoisotopic (exact) mass is 452 g/mol. The van der Waals surface area contributed by atoms with Crippen molar-refractivity contribution in [1.29, 1.82) is 5.26 Å². The minimum Gasteiger partial charge on any atom is -0.393 e. The number of hydrogen-bond acceptors (Lipinski definition) is 8. The molecule has 4 rings (SSSR count). The van der Waals surface area contributed by atoms with Crippen molar-refractivity contribution < 1.29 is 5.11 Å². The fraction of sp³-hybridized carbons (Fsp3) is 0.542. The molecule has 0 bridgehead atoms. The van der Waals surface area contributed by atoms with E-state index in [2.05, 4.69) is 69.1 Å². The summed E-state index contributed by atoms with van der Waals surface area (Å²) in [6.07, 6.45) is 5.89. The Labute approximate surface area is 194 Å². The maximum Gasteiger partial charge on any atom is 0.224 e. The van der Waals surface area contributed by atoms with Crippen LogP contribution in [0.2, 0.25) is 0 Å². The van der Waals surface area contributed by atoms with E-state index in [9.17, 15) is 10.4 Å². The maximum absolute atomic E-state index is 10.2. The van der Waals surface area contributed by atoms with E-state index in [1.54, 1.807) is 6.20 Å². The number of nitrogens with zero attached hydrogens (tertiary/aromatic N) is 4. The van der Waals surface area contributed by atoms with Gasteiger partial charge in [0, 0.05) is 30.6 Å². The molecule has 1 saturated carbocycles. The Kier molecular flexibility index (Phi) is 7.19. The lowest BCUT2D eigenvalue weighted by molar-refractivity contribution is 0.00926. The van der Waals surface area contributed by atoms with Gasteiger partial charge in [0.05, 0.1) is 12.3 Å². The average Bonchev–Trinajstić information content (AvgIpc) is 2.74. The Morgan fingerprint density at radius 1 is 1.25 bits per heavy atom. The number of benzene rings is 1. The highest BCUT2D eigenvalue weighted by molar-refractivity contribution is 7.97. The number of nitrogens with one attached hydrogen (secondary N) is 2. The van der Waals surface area contributed by atoms with Gasteiger partial charge in [-0.25, -0.2) is 9.29 Å². The zero-order valence-electron chi connectivity index (χ0n) is 18.8. The van der Waals surface area contributed by atoms with Gasteiger partial charge in [-0.2, -0.15) is 10.2 Å². The van der Waals surface area contributed by atoms with Crippen LogP contribution in [-0.4, -0.2) is 51.2 Å². The Morgan fingerprint density at radius 3 is 2.69 bits per heavy atom. The zero-order valence-corrected chi connectivity index (χ0v) is 19.7. The Morgan fingerprint density at radius 2 is 2.03 bits per heavy atom. The van der Waals surface area contributed by atoms with Gasteiger partial charge in [0.15, 0.2) is 0 Å². The van der Waals surface area contributed by atoms with Crippen LogP contribution in [0.3, 0.4) is 0 Å². The summed E-state index contributed by atoms with van der Waals surface area (Å²) in [4.78, 5) is 10.2. The van der Waals surface area contributed by atoms with E-state index in [1.807, 2.05) is 11.9 Å². The minimum absolute atomic E-state index is 0.153. The molecular weight excluding hydrogens is 420 g/mol. The molecule has 2 aromatic rings. The van der Waals surface area contributed by atoms with Gasteiger partial charge in [-0.05, 0) is 67.2 Å². The van der Waals surface area contributed by atoms with Crippen molar-refractivity contribution in [2.45, 2.75) is 63.0 Å². The summed E-state index contributed by atoms with van der Waals surface area (Å²) < 4.78 is 2.38. The Bertz CT molecular complexity index is 954. The molecule has 0 spiro atoms. The van der Waals surface area contributed by atoms with Gasteiger partial charge in [-0.3, -0.25) is 0 Å². The van der Waals surface area contributed by atoms with Crippen molar-refractivity contribution in [2.24, 2.45) is 5.41 Å². The van der Waals surface area contributed by atoms with E-state index in [-0.39, 0.29) is 17.6 Å². The average molecular weight is 453 g/mol. The van der Waals surface area contributed by atoms with Crippen molar-refractivity contribution in [1.82, 2.24) is 14.3 Å². The van der Waals surface area contributed by atoms with E-state index in [0.717, 1.165) is 25.7 Å². The highest BCUT2D eigenvalue weighted by atomic mass is 32.2. The lowest BCUT2D eigenvalue weighted by Crippen LogP contribution is -2.41. The topological polar surface area (TPSA) is 97.1 Å². The first-order valence-electron chi connectivity index (χ1n) is 11.4. The van der Waals surface area contributed by atoms with Gasteiger partial charge in [-0.1, -0.05) is 26.0 Å². The molecule has 3 N–H and O–H groups in total. The van der Waals surface area contributed by atoms with E-state index in [4.69, 9.17) is 0 Å². The molecule has 32 heavy (non-hydrogen) atoms. The number of rotatable bonds is 8. The summed E-state index contributed by atoms with van der Waals surface area (Å²) in [5.74, 6) is 1.08. The molecule has 1 saturated heterocycles. The van der Waals surface area contributed by atoms with Crippen LogP contribution < -0.4 is 10.6 Å². The molecule has 1 aliphatic heterocycles. The van der Waals surface area contributed by atoms with E-state index >= 15 is 0 Å². The number of aromatic nitrogens is 2. The standard InChI is InChI=1S/C24H32N6OS/c1-24(2)14-19(6-9-21(24)31)28-22-18(15-25)16-27-23(29-22)26-11-10-17-4-7-20(8-5-17)32-30-12-3-13-30/h4-5,7-8,16,19,21,31H,3,6,9-14H2,1-2H3,(H2,26,27,28,29)/t19-,21+/m1/s1. The third kappa shape index (κ3) is 5.71. The van der Waals surface area contributed by atoms with Crippen LogP contribution in [-0.2, 0) is 6.42 Å². The smallest absolute Gasteiger partial charge is 0.224 e. The summed E-state index contributed by atoms with van der Waals surface area (Å²) in [5, 5.41) is 26.4. The third-order valence-corrected chi connectivity index (χ3v) is 7.49. The number of hydrogen-bond donors (Lipinski definition) is 3. The second-order valence-electron chi connectivity index (χ2n) is 9.39. The van der Waals surface area contributed by atoms with Gasteiger partial charge in [-0.15, -0.1) is 0 Å². The van der Waals surface area contributed by atoms with Gasteiger partial charge in [0.1, 0.15) is 17.5 Å². The van der Waals surface area contributed by atoms with Crippen molar-refractivity contribution in [2.75, 3.05) is 30.3 Å². The molecule has 8 heteroatoms. The molecular formula is C24H32N6OS. The van der Waals surface area contributed by atoms with Gasteiger partial charge < -0.3 is 15.7 Å². The zero-order chi connectivity index (χ0) is 22.6. The molecule has 2 aliphatic rings. The second-order valence-corrected chi connectivity index (χ2v) is 10.6. The van der Waals surface area contributed by atoms with Crippen LogP contribution in [0.4, 0.5) is 11.8 Å². The highest BCUT2D eigenvalue weighted by Gasteiger charge is 2.35. The molecule has 7 nitrogen and oxygen atoms in total. The summed E-state index contributed by atoms with van der Waals surface area (Å²) in [6.45, 7) is 7.24. The molecule has 2 atom stereocenters.